The molecule has 3 N–H and O–H groups in total. The molecule has 148 valence electrons. The second-order valence-electron chi connectivity index (χ2n) is 7.34. The molecule has 0 saturated heterocycles. The van der Waals surface area contributed by atoms with Crippen LogP contribution in [0.5, 0.6) is 0 Å². The highest BCUT2D eigenvalue weighted by molar-refractivity contribution is 5.93. The van der Waals surface area contributed by atoms with Crippen molar-refractivity contribution in [3.05, 3.63) is 77.5 Å². The Labute approximate surface area is 171 Å². The standard InChI is InChI=1S/C24H27N5/c1-16-17(2)29(18(3)19-10-6-4-7-11-19)24-21(16)23(26-15-14-25)27-22(28-24)20-12-8-5-9-13-20/h4-13,18H,14-15,25H2,1-3H3,(H,26,27,28)/t18-/m1/s1. The monoisotopic (exact) mass is 385 g/mol. The Morgan fingerprint density at radius 3 is 2.28 bits per heavy atom. The zero-order valence-electron chi connectivity index (χ0n) is 17.2. The molecule has 0 spiro atoms. The summed E-state index contributed by atoms with van der Waals surface area (Å²) in [6.07, 6.45) is 0. The molecule has 2 heterocycles. The second kappa shape index (κ2) is 8.05. The first-order valence-electron chi connectivity index (χ1n) is 10.0. The van der Waals surface area contributed by atoms with Gasteiger partial charge in [0.15, 0.2) is 5.82 Å². The van der Waals surface area contributed by atoms with E-state index in [2.05, 4.69) is 54.9 Å². The molecule has 5 heteroatoms. The van der Waals surface area contributed by atoms with Gasteiger partial charge in [-0.15, -0.1) is 0 Å². The zero-order valence-corrected chi connectivity index (χ0v) is 17.2. The predicted molar refractivity (Wildman–Crippen MR) is 120 cm³/mol. The summed E-state index contributed by atoms with van der Waals surface area (Å²) in [6.45, 7) is 7.73. The van der Waals surface area contributed by atoms with Crippen LogP contribution in [0.25, 0.3) is 22.4 Å². The lowest BCUT2D eigenvalue weighted by atomic mass is 10.1. The second-order valence-corrected chi connectivity index (χ2v) is 7.34. The van der Waals surface area contributed by atoms with Gasteiger partial charge in [-0.3, -0.25) is 0 Å². The highest BCUT2D eigenvalue weighted by Crippen LogP contribution is 2.35. The molecule has 0 fully saturated rings. The van der Waals surface area contributed by atoms with Gasteiger partial charge in [0.2, 0.25) is 0 Å². The third kappa shape index (κ3) is 3.49. The van der Waals surface area contributed by atoms with Crippen LogP contribution in [0.1, 0.15) is 29.8 Å². The zero-order chi connectivity index (χ0) is 20.4. The summed E-state index contributed by atoms with van der Waals surface area (Å²) < 4.78 is 2.32. The fourth-order valence-electron chi connectivity index (χ4n) is 3.88. The molecule has 29 heavy (non-hydrogen) atoms. The van der Waals surface area contributed by atoms with Gasteiger partial charge in [-0.25, -0.2) is 9.97 Å². The summed E-state index contributed by atoms with van der Waals surface area (Å²) in [5.74, 6) is 1.57. The van der Waals surface area contributed by atoms with Crippen LogP contribution in [0.15, 0.2) is 60.7 Å². The number of benzene rings is 2. The molecule has 0 aliphatic carbocycles. The van der Waals surface area contributed by atoms with Gasteiger partial charge in [0.25, 0.3) is 0 Å². The smallest absolute Gasteiger partial charge is 0.163 e. The van der Waals surface area contributed by atoms with Crippen molar-refractivity contribution < 1.29 is 0 Å². The third-order valence-corrected chi connectivity index (χ3v) is 5.54. The minimum atomic E-state index is 0.160. The number of rotatable bonds is 6. The lowest BCUT2D eigenvalue weighted by Crippen LogP contribution is -2.15. The molecule has 4 aromatic rings. The van der Waals surface area contributed by atoms with Crippen LogP contribution >= 0.6 is 0 Å². The molecule has 0 bridgehead atoms. The molecule has 0 unspecified atom stereocenters. The van der Waals surface area contributed by atoms with Crippen LogP contribution < -0.4 is 11.1 Å². The molecule has 2 aromatic heterocycles. The molecule has 0 amide bonds. The quantitative estimate of drug-likeness (QED) is 0.505. The van der Waals surface area contributed by atoms with Crippen LogP contribution in [0.3, 0.4) is 0 Å². The molecule has 1 atom stereocenters. The highest BCUT2D eigenvalue weighted by atomic mass is 15.1. The van der Waals surface area contributed by atoms with Crippen molar-refractivity contribution in [1.82, 2.24) is 14.5 Å². The molecular formula is C24H27N5. The summed E-state index contributed by atoms with van der Waals surface area (Å²) in [5, 5.41) is 4.49. The van der Waals surface area contributed by atoms with E-state index in [0.717, 1.165) is 28.2 Å². The van der Waals surface area contributed by atoms with Crippen molar-refractivity contribution >= 4 is 16.9 Å². The highest BCUT2D eigenvalue weighted by Gasteiger charge is 2.22. The molecule has 2 aromatic carbocycles. The number of nitrogens with zero attached hydrogens (tertiary/aromatic N) is 3. The largest absolute Gasteiger partial charge is 0.368 e. The summed E-state index contributed by atoms with van der Waals surface area (Å²) >= 11 is 0. The predicted octanol–water partition coefficient (Wildman–Crippen LogP) is 4.70. The van der Waals surface area contributed by atoms with Gasteiger partial charge in [-0.05, 0) is 31.9 Å². The first-order chi connectivity index (χ1) is 14.1. The fourth-order valence-corrected chi connectivity index (χ4v) is 3.88. The summed E-state index contributed by atoms with van der Waals surface area (Å²) in [4.78, 5) is 9.89. The van der Waals surface area contributed by atoms with Gasteiger partial charge in [0.1, 0.15) is 11.5 Å². The number of anilines is 1. The molecule has 0 saturated carbocycles. The van der Waals surface area contributed by atoms with Crippen LogP contribution in [-0.4, -0.2) is 27.6 Å². The van der Waals surface area contributed by atoms with Gasteiger partial charge in [-0.1, -0.05) is 60.7 Å². The van der Waals surface area contributed by atoms with Crippen molar-refractivity contribution in [3.8, 4) is 11.4 Å². The number of fused-ring (bicyclic) bond motifs is 1. The average molecular weight is 386 g/mol. The topological polar surface area (TPSA) is 68.8 Å². The van der Waals surface area contributed by atoms with E-state index in [1.54, 1.807) is 0 Å². The van der Waals surface area contributed by atoms with E-state index in [4.69, 9.17) is 15.7 Å². The van der Waals surface area contributed by atoms with E-state index in [1.165, 1.54) is 16.8 Å². The number of aromatic nitrogens is 3. The Hall–Kier alpha value is -3.18. The van der Waals surface area contributed by atoms with E-state index < -0.39 is 0 Å². The van der Waals surface area contributed by atoms with Crippen LogP contribution in [0.2, 0.25) is 0 Å². The molecule has 0 aliphatic rings. The molecular weight excluding hydrogens is 358 g/mol. The summed E-state index contributed by atoms with van der Waals surface area (Å²) in [5.41, 5.74) is 11.4. The van der Waals surface area contributed by atoms with E-state index in [1.807, 2.05) is 36.4 Å². The fraction of sp³-hybridized carbons (Fsp3) is 0.250. The minimum absolute atomic E-state index is 0.160. The van der Waals surface area contributed by atoms with Gasteiger partial charge < -0.3 is 15.6 Å². The van der Waals surface area contributed by atoms with Crippen molar-refractivity contribution in [2.45, 2.75) is 26.8 Å². The number of aryl methyl sites for hydroxylation is 1. The Morgan fingerprint density at radius 2 is 1.62 bits per heavy atom. The van der Waals surface area contributed by atoms with E-state index in [-0.39, 0.29) is 6.04 Å². The minimum Gasteiger partial charge on any atom is -0.368 e. The van der Waals surface area contributed by atoms with E-state index >= 15 is 0 Å². The normalized spacial score (nSPS) is 12.3. The van der Waals surface area contributed by atoms with Crippen molar-refractivity contribution in [2.24, 2.45) is 5.73 Å². The first kappa shape index (κ1) is 19.2. The summed E-state index contributed by atoms with van der Waals surface area (Å²) in [7, 11) is 0. The third-order valence-electron chi connectivity index (χ3n) is 5.54. The Balaban J connectivity index is 1.98. The van der Waals surface area contributed by atoms with E-state index in [0.29, 0.717) is 13.1 Å². The number of hydrogen-bond acceptors (Lipinski definition) is 4. The maximum absolute atomic E-state index is 5.76. The van der Waals surface area contributed by atoms with Gasteiger partial charge in [0, 0.05) is 24.3 Å². The maximum atomic E-state index is 5.76. The number of nitrogens with two attached hydrogens (primary N) is 1. The van der Waals surface area contributed by atoms with Gasteiger partial charge >= 0.3 is 0 Å². The maximum Gasteiger partial charge on any atom is 0.163 e. The van der Waals surface area contributed by atoms with Crippen LogP contribution in [0.4, 0.5) is 5.82 Å². The number of nitrogens with one attached hydrogen (secondary N) is 1. The summed E-state index contributed by atoms with van der Waals surface area (Å²) in [6, 6.07) is 20.8. The van der Waals surface area contributed by atoms with Crippen molar-refractivity contribution in [1.29, 1.82) is 0 Å². The van der Waals surface area contributed by atoms with Crippen molar-refractivity contribution in [3.63, 3.8) is 0 Å². The van der Waals surface area contributed by atoms with Gasteiger partial charge in [0.05, 0.1) is 11.4 Å². The van der Waals surface area contributed by atoms with Gasteiger partial charge in [-0.2, -0.15) is 0 Å². The molecule has 0 aliphatic heterocycles. The molecule has 4 rings (SSSR count). The SMILES string of the molecule is Cc1c(C)n([C@H](C)c2ccccc2)c2nc(-c3ccccc3)nc(NCCN)c12. The number of hydrogen-bond donors (Lipinski definition) is 2. The van der Waals surface area contributed by atoms with E-state index in [9.17, 15) is 0 Å². The van der Waals surface area contributed by atoms with Crippen LogP contribution in [-0.2, 0) is 0 Å². The Morgan fingerprint density at radius 1 is 0.966 bits per heavy atom. The molecule has 0 radical (unpaired) electrons. The lowest BCUT2D eigenvalue weighted by Gasteiger charge is -2.18. The van der Waals surface area contributed by atoms with Crippen LogP contribution in [0, 0.1) is 13.8 Å². The molecule has 5 nitrogen and oxygen atoms in total. The van der Waals surface area contributed by atoms with Crippen molar-refractivity contribution in [2.75, 3.05) is 18.4 Å². The lowest BCUT2D eigenvalue weighted by molar-refractivity contribution is 0.639. The first-order valence-corrected chi connectivity index (χ1v) is 10.0. The Kier molecular flexibility index (Phi) is 5.32. The Bertz CT molecular complexity index is 1120. The average Bonchev–Trinajstić information content (AvgIpc) is 3.03.